The number of hydrogen-bond donors (Lipinski definition) is 14. The summed E-state index contributed by atoms with van der Waals surface area (Å²) in [5.74, 6) is -13.4. The van der Waals surface area contributed by atoms with Gasteiger partial charge in [-0.1, -0.05) is 0 Å². The van der Waals surface area contributed by atoms with Gasteiger partial charge < -0.3 is 72.5 Å². The molecule has 4 rings (SSSR count). The number of rotatable bonds is 33. The van der Waals surface area contributed by atoms with Gasteiger partial charge in [-0.2, -0.15) is 0 Å². The zero-order chi connectivity index (χ0) is 76.3. The Balaban J connectivity index is 1.60. The molecule has 0 bridgehead atoms. The van der Waals surface area contributed by atoms with E-state index in [2.05, 4.69) is 26.6 Å². The number of carboxylic acids is 9. The molecule has 3 fully saturated rings. The molecular formula is C60H94I3N17O23. The predicted molar refractivity (Wildman–Crippen MR) is 390 cm³/mol. The lowest BCUT2D eigenvalue weighted by Crippen LogP contribution is -2.50. The van der Waals surface area contributed by atoms with E-state index in [-0.39, 0.29) is 276 Å². The molecule has 3 saturated heterocycles. The number of aliphatic carboxylic acids is 9. The molecule has 103 heavy (non-hydrogen) atoms. The summed E-state index contributed by atoms with van der Waals surface area (Å²) in [6, 6.07) is 0. The van der Waals surface area contributed by atoms with Gasteiger partial charge in [0.05, 0.1) is 102 Å². The number of nitrogens with one attached hydrogen (secondary N) is 5. The monoisotopic (exact) mass is 1800 g/mol. The minimum absolute atomic E-state index is 0.0245. The molecule has 578 valence electrons. The first-order valence-corrected chi connectivity index (χ1v) is 36.2. The Bertz CT molecular complexity index is 2870. The number of halogens is 3. The van der Waals surface area contributed by atoms with Crippen LogP contribution in [0.5, 0.6) is 0 Å². The van der Waals surface area contributed by atoms with Crippen molar-refractivity contribution >= 4 is 157 Å². The molecular weight excluding hydrogens is 1710 g/mol. The van der Waals surface area contributed by atoms with Crippen LogP contribution in [-0.2, 0) is 57.5 Å². The maximum Gasteiger partial charge on any atom is 0.317 e. The Morgan fingerprint density at radius 1 is 0.233 bits per heavy atom. The second-order valence-electron chi connectivity index (χ2n) is 24.7. The van der Waals surface area contributed by atoms with Crippen LogP contribution in [0.25, 0.3) is 0 Å². The molecule has 40 nitrogen and oxygen atoms in total. The van der Waals surface area contributed by atoms with Crippen molar-refractivity contribution in [1.82, 2.24) is 80.1 Å². The van der Waals surface area contributed by atoms with Gasteiger partial charge in [0.2, 0.25) is 17.7 Å². The molecule has 3 heterocycles. The summed E-state index contributed by atoms with van der Waals surface area (Å²) in [5.41, 5.74) is -0.127. The van der Waals surface area contributed by atoms with Crippen molar-refractivity contribution in [2.45, 2.75) is 0 Å². The fourth-order valence-electron chi connectivity index (χ4n) is 11.4. The molecule has 5 amide bonds. The molecule has 43 heteroatoms. The van der Waals surface area contributed by atoms with Gasteiger partial charge in [-0.25, -0.2) is 0 Å². The van der Waals surface area contributed by atoms with Crippen LogP contribution in [-0.4, -0.2) is 450 Å². The third-order valence-corrected chi connectivity index (χ3v) is 19.9. The van der Waals surface area contributed by atoms with E-state index >= 15 is 0 Å². The van der Waals surface area contributed by atoms with Crippen LogP contribution in [0.4, 0.5) is 5.69 Å². The van der Waals surface area contributed by atoms with Gasteiger partial charge in [-0.05, 0) is 67.8 Å². The van der Waals surface area contributed by atoms with Crippen molar-refractivity contribution in [3.8, 4) is 0 Å². The highest BCUT2D eigenvalue weighted by Crippen LogP contribution is 2.36. The standard InChI is InChI=1S/C60H94I3N17O23/c61-55-53(59(102)66-3-1-64-41(81)29-69-5-11-72(32-44(84)85)17-23-78(38-50(96)97)24-18-73(12-6-69)33-45(86)87)56(62)58(68-43(83)31-71-9-15-76(36-48(92)93)21-27-80(40-52(100)101)28-22-77(16-10-71)37-49(94)95)57(63)54(55)60(103)67-4-2-65-42(82)30-70-7-13-74(34-46(88)89)19-25-79(39-51(98)99)26-20-75(14-8-70)35-47(90)91/h1-40H2,(H,64,81)(H,65,82)(H,66,102)(H,67,103)(H,68,83)(H,84,85)(H,86,87)(H,88,89)(H,90,91)(H,92,93)(H,94,95)(H,96,97)(H,98,99)(H,100,101). The van der Waals surface area contributed by atoms with E-state index in [1.807, 2.05) is 67.8 Å². The Morgan fingerprint density at radius 3 is 0.563 bits per heavy atom. The largest absolute Gasteiger partial charge is 0.480 e. The molecule has 1 aromatic carbocycles. The highest BCUT2D eigenvalue weighted by Gasteiger charge is 2.31. The molecule has 0 spiro atoms. The lowest BCUT2D eigenvalue weighted by atomic mass is 10.1. The smallest absolute Gasteiger partial charge is 0.317 e. The molecule has 0 saturated carbocycles. The summed E-state index contributed by atoms with van der Waals surface area (Å²) in [4.78, 5) is 197. The van der Waals surface area contributed by atoms with E-state index < -0.39 is 96.3 Å². The van der Waals surface area contributed by atoms with E-state index in [4.69, 9.17) is 0 Å². The van der Waals surface area contributed by atoms with Gasteiger partial charge >= 0.3 is 53.7 Å². The first kappa shape index (κ1) is 88.9. The molecule has 0 aliphatic carbocycles. The van der Waals surface area contributed by atoms with Gasteiger partial charge in [0, 0.05) is 187 Å². The summed E-state index contributed by atoms with van der Waals surface area (Å²) < 4.78 is 0.456. The lowest BCUT2D eigenvalue weighted by Gasteiger charge is -2.33. The van der Waals surface area contributed by atoms with Gasteiger partial charge in [0.15, 0.2) is 0 Å². The van der Waals surface area contributed by atoms with Gasteiger partial charge in [0.1, 0.15) is 0 Å². The number of carboxylic acid groups (broad SMARTS) is 9. The summed E-state index contributed by atoms with van der Waals surface area (Å²) in [5, 5.41) is 101. The summed E-state index contributed by atoms with van der Waals surface area (Å²) in [7, 11) is 0. The second kappa shape index (κ2) is 47.2. The molecule has 0 unspecified atom stereocenters. The van der Waals surface area contributed by atoms with E-state index in [1.54, 1.807) is 58.8 Å². The zero-order valence-electron chi connectivity index (χ0n) is 57.0. The number of amides is 5. The van der Waals surface area contributed by atoms with Crippen LogP contribution in [0.2, 0.25) is 0 Å². The molecule has 14 N–H and O–H groups in total. The third-order valence-electron chi connectivity index (χ3n) is 16.6. The van der Waals surface area contributed by atoms with Crippen LogP contribution < -0.4 is 26.6 Å². The fraction of sp³-hybridized carbons (Fsp3) is 0.667. The molecule has 1 aromatic rings. The summed E-state index contributed by atoms with van der Waals surface area (Å²) >= 11 is 5.52. The van der Waals surface area contributed by atoms with Crippen LogP contribution >= 0.6 is 67.8 Å². The summed E-state index contributed by atoms with van der Waals surface area (Å²) in [6.45, 7) is -1.55. The lowest BCUT2D eigenvalue weighted by molar-refractivity contribution is -0.140. The minimum Gasteiger partial charge on any atom is -0.480 e. The van der Waals surface area contributed by atoms with Crippen molar-refractivity contribution in [3.05, 3.63) is 21.8 Å². The molecule has 3 aliphatic heterocycles. The van der Waals surface area contributed by atoms with Gasteiger partial charge in [-0.15, -0.1) is 0 Å². The van der Waals surface area contributed by atoms with Crippen LogP contribution in [0, 0.1) is 10.7 Å². The number of hydrogen-bond acceptors (Lipinski definition) is 26. The third kappa shape index (κ3) is 36.4. The Hall–Kier alpha value is -6.49. The van der Waals surface area contributed by atoms with Crippen molar-refractivity contribution in [2.75, 3.05) is 267 Å². The Morgan fingerprint density at radius 2 is 0.388 bits per heavy atom. The van der Waals surface area contributed by atoms with Crippen molar-refractivity contribution in [1.29, 1.82) is 0 Å². The topological polar surface area (TPSA) is 520 Å². The maximum absolute atomic E-state index is 14.5. The number of anilines is 1. The minimum atomic E-state index is -1.16. The molecule has 3 aliphatic rings. The molecule has 0 aromatic heterocycles. The van der Waals surface area contributed by atoms with Crippen LogP contribution in [0.1, 0.15) is 20.7 Å². The van der Waals surface area contributed by atoms with E-state index in [0.29, 0.717) is 0 Å². The SMILES string of the molecule is O=C(O)CN1CCN(CC(=O)O)CCN(CC(=O)NCCNC(=O)c2c(I)c(NC(=O)CN3CCN(CC(=O)O)CCN(CC(=O)O)CCN(CC(=O)O)CC3)c(I)c(C(=O)NCCNC(=O)CN3CCN(CC(=O)O)CCN(CC(=O)O)CCN(CC(=O)O)CC3)c2I)CCN(CC(=O)O)CC1. The zero-order valence-corrected chi connectivity index (χ0v) is 63.5. The van der Waals surface area contributed by atoms with Crippen molar-refractivity contribution in [3.63, 3.8) is 0 Å². The van der Waals surface area contributed by atoms with Crippen molar-refractivity contribution in [2.24, 2.45) is 0 Å². The van der Waals surface area contributed by atoms with Crippen molar-refractivity contribution < 1.29 is 113 Å². The highest BCUT2D eigenvalue weighted by atomic mass is 127. The first-order valence-electron chi connectivity index (χ1n) is 33.0. The van der Waals surface area contributed by atoms with E-state index in [1.165, 1.54) is 0 Å². The Kier molecular flexibility index (Phi) is 40.7. The maximum atomic E-state index is 14.5. The van der Waals surface area contributed by atoms with E-state index in [0.717, 1.165) is 0 Å². The quantitative estimate of drug-likeness (QED) is 0.0230. The van der Waals surface area contributed by atoms with E-state index in [9.17, 15) is 113 Å². The fourth-order valence-corrected chi connectivity index (χ4v) is 15.8. The number of carbonyl (C=O) groups is 14. The van der Waals surface area contributed by atoms with Gasteiger partial charge in [0.25, 0.3) is 11.8 Å². The number of nitrogens with zero attached hydrogens (tertiary/aromatic N) is 12. The number of carbonyl (C=O) groups excluding carboxylic acids is 5. The molecule has 0 radical (unpaired) electrons. The normalized spacial score (nSPS) is 18.2. The predicted octanol–water partition coefficient (Wildman–Crippen LogP) is -6.44. The first-order chi connectivity index (χ1) is 48.7. The average Bonchev–Trinajstić information content (AvgIpc) is 0.767. The van der Waals surface area contributed by atoms with Gasteiger partial charge in [-0.3, -0.25) is 126 Å². The Labute approximate surface area is 634 Å². The second-order valence-corrected chi connectivity index (χ2v) is 27.9. The van der Waals surface area contributed by atoms with Crippen LogP contribution in [0.15, 0.2) is 0 Å². The molecule has 0 atom stereocenters. The summed E-state index contributed by atoms with van der Waals surface area (Å²) in [6.07, 6.45) is 0. The highest BCUT2D eigenvalue weighted by molar-refractivity contribution is 14.1. The number of benzene rings is 1. The average molecular weight is 1800 g/mol. The van der Waals surface area contributed by atoms with Crippen LogP contribution in [0.3, 0.4) is 0 Å².